The Bertz CT molecular complexity index is 893. The van der Waals surface area contributed by atoms with Crippen molar-refractivity contribution in [2.75, 3.05) is 10.6 Å². The van der Waals surface area contributed by atoms with Gasteiger partial charge in [0.1, 0.15) is 0 Å². The first-order valence-electron chi connectivity index (χ1n) is 9.01. The van der Waals surface area contributed by atoms with Crippen molar-refractivity contribution in [2.45, 2.75) is 19.3 Å². The molecule has 0 unspecified atom stereocenters. The molecule has 4 heteroatoms. The maximum atomic E-state index is 12.2. The normalized spacial score (nSPS) is 10.2. The molecule has 0 atom stereocenters. The summed E-state index contributed by atoms with van der Waals surface area (Å²) in [5, 5.41) is 5.74. The second-order valence-corrected chi connectivity index (χ2v) is 6.29. The second kappa shape index (κ2) is 9.34. The predicted molar refractivity (Wildman–Crippen MR) is 109 cm³/mol. The molecule has 3 aromatic rings. The molecule has 0 bridgehead atoms. The number of hydrogen-bond acceptors (Lipinski definition) is 2. The Morgan fingerprint density at radius 3 is 2.04 bits per heavy atom. The molecule has 4 nitrogen and oxygen atoms in total. The Hall–Kier alpha value is -3.40. The van der Waals surface area contributed by atoms with Gasteiger partial charge in [-0.05, 0) is 48.7 Å². The molecule has 0 radical (unpaired) electrons. The first kappa shape index (κ1) is 18.4. The predicted octanol–water partition coefficient (Wildman–Crippen LogP) is 4.90. The summed E-state index contributed by atoms with van der Waals surface area (Å²) >= 11 is 0. The summed E-state index contributed by atoms with van der Waals surface area (Å²) < 4.78 is 0. The molecule has 0 heterocycles. The van der Waals surface area contributed by atoms with Gasteiger partial charge in [0.25, 0.3) is 5.91 Å². The number of aryl methyl sites for hydroxylation is 1. The van der Waals surface area contributed by atoms with Crippen LogP contribution in [0.15, 0.2) is 84.9 Å². The summed E-state index contributed by atoms with van der Waals surface area (Å²) in [5.41, 5.74) is 3.14. The van der Waals surface area contributed by atoms with Gasteiger partial charge in [-0.15, -0.1) is 0 Å². The second-order valence-electron chi connectivity index (χ2n) is 6.29. The third-order valence-electron chi connectivity index (χ3n) is 4.15. The van der Waals surface area contributed by atoms with E-state index in [1.165, 1.54) is 5.56 Å². The molecule has 3 aromatic carbocycles. The lowest BCUT2D eigenvalue weighted by Crippen LogP contribution is -2.13. The highest BCUT2D eigenvalue weighted by Gasteiger charge is 2.07. The van der Waals surface area contributed by atoms with Crippen molar-refractivity contribution in [1.29, 1.82) is 0 Å². The number of carbonyl (C=O) groups excluding carboxylic acids is 2. The van der Waals surface area contributed by atoms with Crippen molar-refractivity contribution < 1.29 is 9.59 Å². The molecular weight excluding hydrogens is 336 g/mol. The van der Waals surface area contributed by atoms with Crippen molar-refractivity contribution in [3.8, 4) is 0 Å². The van der Waals surface area contributed by atoms with Crippen LogP contribution in [-0.2, 0) is 11.2 Å². The van der Waals surface area contributed by atoms with E-state index in [1.54, 1.807) is 30.3 Å². The van der Waals surface area contributed by atoms with Crippen LogP contribution in [0.5, 0.6) is 0 Å². The highest BCUT2D eigenvalue weighted by molar-refractivity contribution is 6.04. The molecule has 136 valence electrons. The molecule has 0 spiro atoms. The average Bonchev–Trinajstić information content (AvgIpc) is 2.70. The molecule has 2 amide bonds. The molecule has 0 saturated carbocycles. The minimum absolute atomic E-state index is 0.0301. The molecule has 0 aliphatic carbocycles. The van der Waals surface area contributed by atoms with Crippen molar-refractivity contribution >= 4 is 23.2 Å². The molecule has 2 N–H and O–H groups in total. The Morgan fingerprint density at radius 1 is 0.704 bits per heavy atom. The molecular formula is C23H22N2O2. The molecule has 0 fully saturated rings. The van der Waals surface area contributed by atoms with E-state index in [0.717, 1.165) is 12.8 Å². The number of carbonyl (C=O) groups is 2. The zero-order valence-corrected chi connectivity index (χ0v) is 15.0. The summed E-state index contributed by atoms with van der Waals surface area (Å²) in [4.78, 5) is 24.4. The molecule has 0 aromatic heterocycles. The van der Waals surface area contributed by atoms with E-state index in [9.17, 15) is 9.59 Å². The Labute approximate surface area is 159 Å². The maximum Gasteiger partial charge on any atom is 0.255 e. The molecule has 0 aliphatic rings. The quantitative estimate of drug-likeness (QED) is 0.631. The van der Waals surface area contributed by atoms with E-state index in [1.807, 2.05) is 42.5 Å². The summed E-state index contributed by atoms with van der Waals surface area (Å²) in [6.07, 6.45) is 2.12. The maximum absolute atomic E-state index is 12.2. The van der Waals surface area contributed by atoms with Gasteiger partial charge in [0.05, 0.1) is 0 Å². The first-order chi connectivity index (χ1) is 13.2. The number of benzene rings is 3. The van der Waals surface area contributed by atoms with Gasteiger partial charge in [0, 0.05) is 23.4 Å². The summed E-state index contributed by atoms with van der Waals surface area (Å²) in [6, 6.07) is 26.3. The van der Waals surface area contributed by atoms with Crippen LogP contribution in [0.4, 0.5) is 11.4 Å². The number of anilines is 2. The minimum Gasteiger partial charge on any atom is -0.326 e. The third-order valence-corrected chi connectivity index (χ3v) is 4.15. The van der Waals surface area contributed by atoms with Gasteiger partial charge >= 0.3 is 0 Å². The van der Waals surface area contributed by atoms with E-state index < -0.39 is 0 Å². The fourth-order valence-electron chi connectivity index (χ4n) is 2.79. The number of nitrogens with one attached hydrogen (secondary N) is 2. The van der Waals surface area contributed by atoms with Crippen LogP contribution in [0.1, 0.15) is 28.8 Å². The van der Waals surface area contributed by atoms with Crippen molar-refractivity contribution in [1.82, 2.24) is 0 Å². The summed E-state index contributed by atoms with van der Waals surface area (Å²) in [6.45, 7) is 0. The van der Waals surface area contributed by atoms with Crippen LogP contribution in [0.25, 0.3) is 0 Å². The van der Waals surface area contributed by atoms with Gasteiger partial charge in [-0.25, -0.2) is 0 Å². The molecule has 3 rings (SSSR count). The lowest BCUT2D eigenvalue weighted by Gasteiger charge is -2.09. The van der Waals surface area contributed by atoms with Gasteiger partial charge in [-0.1, -0.05) is 54.6 Å². The lowest BCUT2D eigenvalue weighted by atomic mass is 10.1. The van der Waals surface area contributed by atoms with Gasteiger partial charge in [0.2, 0.25) is 5.91 Å². The Morgan fingerprint density at radius 2 is 1.33 bits per heavy atom. The van der Waals surface area contributed by atoms with Gasteiger partial charge < -0.3 is 10.6 Å². The Balaban J connectivity index is 1.51. The SMILES string of the molecule is O=C(CCCc1ccccc1)Nc1cccc(NC(=O)c2ccccc2)c1. The molecule has 0 aliphatic heterocycles. The van der Waals surface area contributed by atoms with Crippen LogP contribution in [0.3, 0.4) is 0 Å². The van der Waals surface area contributed by atoms with Gasteiger partial charge in [-0.2, -0.15) is 0 Å². The fraction of sp³-hybridized carbons (Fsp3) is 0.130. The van der Waals surface area contributed by atoms with E-state index >= 15 is 0 Å². The monoisotopic (exact) mass is 358 g/mol. The number of rotatable bonds is 7. The van der Waals surface area contributed by atoms with E-state index in [-0.39, 0.29) is 11.8 Å². The van der Waals surface area contributed by atoms with Crippen LogP contribution in [-0.4, -0.2) is 11.8 Å². The van der Waals surface area contributed by atoms with Crippen LogP contribution < -0.4 is 10.6 Å². The zero-order valence-electron chi connectivity index (χ0n) is 15.0. The van der Waals surface area contributed by atoms with Crippen molar-refractivity contribution in [3.63, 3.8) is 0 Å². The van der Waals surface area contributed by atoms with Crippen molar-refractivity contribution in [3.05, 3.63) is 96.1 Å². The lowest BCUT2D eigenvalue weighted by molar-refractivity contribution is -0.116. The van der Waals surface area contributed by atoms with E-state index in [2.05, 4.69) is 22.8 Å². The molecule has 0 saturated heterocycles. The fourth-order valence-corrected chi connectivity index (χ4v) is 2.79. The largest absolute Gasteiger partial charge is 0.326 e. The van der Waals surface area contributed by atoms with Crippen LogP contribution >= 0.6 is 0 Å². The van der Waals surface area contributed by atoms with Crippen LogP contribution in [0, 0.1) is 0 Å². The van der Waals surface area contributed by atoms with Gasteiger partial charge in [-0.3, -0.25) is 9.59 Å². The van der Waals surface area contributed by atoms with E-state index in [4.69, 9.17) is 0 Å². The summed E-state index contributed by atoms with van der Waals surface area (Å²) in [7, 11) is 0. The number of amides is 2. The third kappa shape index (κ3) is 5.82. The average molecular weight is 358 g/mol. The smallest absolute Gasteiger partial charge is 0.255 e. The zero-order chi connectivity index (χ0) is 18.9. The minimum atomic E-state index is -0.179. The van der Waals surface area contributed by atoms with E-state index in [0.29, 0.717) is 23.4 Å². The van der Waals surface area contributed by atoms with Crippen molar-refractivity contribution in [2.24, 2.45) is 0 Å². The first-order valence-corrected chi connectivity index (χ1v) is 9.01. The number of hydrogen-bond donors (Lipinski definition) is 2. The standard InChI is InChI=1S/C23H22N2O2/c26-22(16-7-11-18-9-3-1-4-10-18)24-20-14-8-15-21(17-20)25-23(27)19-12-5-2-6-13-19/h1-6,8-10,12-15,17H,7,11,16H2,(H,24,26)(H,25,27). The highest BCUT2D eigenvalue weighted by atomic mass is 16.2. The van der Waals surface area contributed by atoms with Gasteiger partial charge in [0.15, 0.2) is 0 Å². The Kier molecular flexibility index (Phi) is 6.36. The molecule has 27 heavy (non-hydrogen) atoms. The highest BCUT2D eigenvalue weighted by Crippen LogP contribution is 2.17. The topological polar surface area (TPSA) is 58.2 Å². The van der Waals surface area contributed by atoms with Crippen LogP contribution in [0.2, 0.25) is 0 Å². The summed E-state index contributed by atoms with van der Waals surface area (Å²) in [5.74, 6) is -0.209.